The molecule has 1 aromatic heterocycles. The molecule has 0 aliphatic heterocycles. The molecule has 3 rings (SSSR count). The van der Waals surface area contributed by atoms with E-state index in [1.54, 1.807) is 25.8 Å². The molecular formula is C18H15N3O. The van der Waals surface area contributed by atoms with Crippen LogP contribution in [0.2, 0.25) is 0 Å². The van der Waals surface area contributed by atoms with Gasteiger partial charge in [0.25, 0.3) is 0 Å². The number of nitrogens with zero attached hydrogens (tertiary/aromatic N) is 3. The third kappa shape index (κ3) is 2.13. The molecule has 0 aliphatic rings. The second kappa shape index (κ2) is 5.74. The molecule has 0 fully saturated rings. The number of hydrogen-bond donors (Lipinski definition) is 0. The van der Waals surface area contributed by atoms with Crippen LogP contribution in [0.15, 0.2) is 73.3 Å². The van der Waals surface area contributed by atoms with Crippen LogP contribution in [-0.4, -0.2) is 16.7 Å². The second-order valence-electron chi connectivity index (χ2n) is 4.89. The Bertz CT molecular complexity index is 773. The van der Waals surface area contributed by atoms with Crippen LogP contribution in [0.1, 0.15) is 11.1 Å². The first-order valence-corrected chi connectivity index (χ1v) is 6.91. The van der Waals surface area contributed by atoms with Crippen molar-refractivity contribution in [2.24, 2.45) is 0 Å². The first kappa shape index (κ1) is 13.9. The van der Waals surface area contributed by atoms with E-state index in [1.807, 2.05) is 59.2 Å². The minimum absolute atomic E-state index is 0.759. The van der Waals surface area contributed by atoms with E-state index in [4.69, 9.17) is 4.74 Å². The fourth-order valence-corrected chi connectivity index (χ4v) is 2.62. The molecule has 108 valence electrons. The van der Waals surface area contributed by atoms with Crippen molar-refractivity contribution in [1.29, 1.82) is 5.26 Å². The molecule has 22 heavy (non-hydrogen) atoms. The zero-order valence-electron chi connectivity index (χ0n) is 12.2. The lowest BCUT2D eigenvalue weighted by Crippen LogP contribution is -2.33. The summed E-state index contributed by atoms with van der Waals surface area (Å²) < 4.78 is 7.03. The average molecular weight is 289 g/mol. The van der Waals surface area contributed by atoms with Gasteiger partial charge in [0, 0.05) is 12.4 Å². The van der Waals surface area contributed by atoms with E-state index in [0.717, 1.165) is 16.9 Å². The largest absolute Gasteiger partial charge is 0.497 e. The Morgan fingerprint density at radius 1 is 1.05 bits per heavy atom. The maximum atomic E-state index is 10.1. The molecular weight excluding hydrogens is 274 g/mol. The Hall–Kier alpha value is -3.06. The summed E-state index contributed by atoms with van der Waals surface area (Å²) in [6, 6.07) is 19.7. The van der Waals surface area contributed by atoms with Gasteiger partial charge in [0.2, 0.25) is 0 Å². The molecule has 4 nitrogen and oxygen atoms in total. The van der Waals surface area contributed by atoms with Gasteiger partial charge in [-0.15, -0.1) is 0 Å². The molecule has 1 unspecified atom stereocenters. The van der Waals surface area contributed by atoms with Crippen LogP contribution in [0, 0.1) is 11.3 Å². The lowest BCUT2D eigenvalue weighted by molar-refractivity contribution is 0.414. The van der Waals surface area contributed by atoms with Crippen molar-refractivity contribution in [1.82, 2.24) is 9.55 Å². The third-order valence-corrected chi connectivity index (χ3v) is 3.75. The predicted molar refractivity (Wildman–Crippen MR) is 83.5 cm³/mol. The van der Waals surface area contributed by atoms with Crippen LogP contribution in [-0.2, 0) is 5.54 Å². The summed E-state index contributed by atoms with van der Waals surface area (Å²) in [6.07, 6.45) is 5.15. The molecule has 1 heterocycles. The predicted octanol–water partition coefficient (Wildman–Crippen LogP) is 3.21. The number of ether oxygens (including phenoxy) is 1. The van der Waals surface area contributed by atoms with Crippen LogP contribution in [0.3, 0.4) is 0 Å². The van der Waals surface area contributed by atoms with Crippen molar-refractivity contribution in [3.8, 4) is 11.8 Å². The Morgan fingerprint density at radius 3 is 2.27 bits per heavy atom. The zero-order valence-corrected chi connectivity index (χ0v) is 12.2. The summed E-state index contributed by atoms with van der Waals surface area (Å²) in [5.41, 5.74) is 0.796. The smallest absolute Gasteiger partial charge is 0.183 e. The van der Waals surface area contributed by atoms with Crippen molar-refractivity contribution in [2.45, 2.75) is 5.54 Å². The Morgan fingerprint density at radius 2 is 1.73 bits per heavy atom. The highest BCUT2D eigenvalue weighted by Gasteiger charge is 2.36. The number of benzene rings is 2. The Labute approximate surface area is 129 Å². The summed E-state index contributed by atoms with van der Waals surface area (Å²) in [5.74, 6) is 0.759. The summed E-state index contributed by atoms with van der Waals surface area (Å²) >= 11 is 0. The van der Waals surface area contributed by atoms with Gasteiger partial charge in [-0.1, -0.05) is 42.5 Å². The highest BCUT2D eigenvalue weighted by molar-refractivity contribution is 5.47. The standard InChI is InChI=1S/C18H15N3O/c1-22-17-9-7-16(8-10-17)18(13-19,21-12-11-20-14-21)15-5-3-2-4-6-15/h2-12,14H,1H3. The van der Waals surface area contributed by atoms with Crippen molar-refractivity contribution in [3.05, 3.63) is 84.4 Å². The number of methoxy groups -OCH3 is 1. The van der Waals surface area contributed by atoms with Crippen LogP contribution >= 0.6 is 0 Å². The minimum atomic E-state index is -0.954. The molecule has 0 saturated carbocycles. The summed E-state index contributed by atoms with van der Waals surface area (Å²) in [5, 5.41) is 10.1. The van der Waals surface area contributed by atoms with Crippen LogP contribution in [0.5, 0.6) is 5.75 Å². The van der Waals surface area contributed by atoms with Gasteiger partial charge >= 0.3 is 0 Å². The third-order valence-electron chi connectivity index (χ3n) is 3.75. The molecule has 0 spiro atoms. The SMILES string of the molecule is COc1ccc(C(C#N)(c2ccccc2)n2ccnc2)cc1. The molecule has 0 aliphatic carbocycles. The van der Waals surface area contributed by atoms with E-state index in [-0.39, 0.29) is 0 Å². The van der Waals surface area contributed by atoms with Gasteiger partial charge in [-0.05, 0) is 23.3 Å². The maximum absolute atomic E-state index is 10.1. The van der Waals surface area contributed by atoms with Crippen molar-refractivity contribution < 1.29 is 4.74 Å². The molecule has 4 heteroatoms. The topological polar surface area (TPSA) is 50.8 Å². The minimum Gasteiger partial charge on any atom is -0.497 e. The van der Waals surface area contributed by atoms with Crippen molar-refractivity contribution in [3.63, 3.8) is 0 Å². The maximum Gasteiger partial charge on any atom is 0.183 e. The lowest BCUT2D eigenvalue weighted by atomic mass is 9.83. The van der Waals surface area contributed by atoms with Crippen LogP contribution < -0.4 is 4.74 Å². The highest BCUT2D eigenvalue weighted by atomic mass is 16.5. The van der Waals surface area contributed by atoms with E-state index in [1.165, 1.54) is 0 Å². The molecule has 0 bridgehead atoms. The zero-order chi connectivity index (χ0) is 15.4. The highest BCUT2D eigenvalue weighted by Crippen LogP contribution is 2.34. The monoisotopic (exact) mass is 289 g/mol. The lowest BCUT2D eigenvalue weighted by Gasteiger charge is -2.29. The molecule has 0 amide bonds. The van der Waals surface area contributed by atoms with Crippen molar-refractivity contribution >= 4 is 0 Å². The molecule has 3 aromatic rings. The molecule has 0 radical (unpaired) electrons. The van der Waals surface area contributed by atoms with Gasteiger partial charge < -0.3 is 9.30 Å². The van der Waals surface area contributed by atoms with Gasteiger partial charge in [0.05, 0.1) is 13.4 Å². The average Bonchev–Trinajstić information content (AvgIpc) is 3.13. The van der Waals surface area contributed by atoms with Crippen LogP contribution in [0.4, 0.5) is 0 Å². The quantitative estimate of drug-likeness (QED) is 0.741. The summed E-state index contributed by atoms with van der Waals surface area (Å²) in [6.45, 7) is 0. The van der Waals surface area contributed by atoms with E-state index >= 15 is 0 Å². The van der Waals surface area contributed by atoms with Gasteiger partial charge in [0.1, 0.15) is 11.8 Å². The molecule has 0 N–H and O–H groups in total. The number of nitriles is 1. The first-order chi connectivity index (χ1) is 10.8. The normalized spacial score (nSPS) is 13.1. The first-order valence-electron chi connectivity index (χ1n) is 6.91. The van der Waals surface area contributed by atoms with Crippen molar-refractivity contribution in [2.75, 3.05) is 7.11 Å². The molecule has 2 aromatic carbocycles. The van der Waals surface area contributed by atoms with E-state index in [0.29, 0.717) is 0 Å². The number of rotatable bonds is 4. The Kier molecular flexibility index (Phi) is 3.63. The van der Waals surface area contributed by atoms with Gasteiger partial charge in [-0.3, -0.25) is 0 Å². The van der Waals surface area contributed by atoms with E-state index in [2.05, 4.69) is 11.1 Å². The number of imidazole rings is 1. The summed E-state index contributed by atoms with van der Waals surface area (Å²) in [7, 11) is 1.62. The van der Waals surface area contributed by atoms with E-state index in [9.17, 15) is 5.26 Å². The van der Waals surface area contributed by atoms with Gasteiger partial charge in [0.15, 0.2) is 5.54 Å². The van der Waals surface area contributed by atoms with E-state index < -0.39 is 5.54 Å². The van der Waals surface area contributed by atoms with Gasteiger partial charge in [-0.25, -0.2) is 4.98 Å². The number of hydrogen-bond acceptors (Lipinski definition) is 3. The summed E-state index contributed by atoms with van der Waals surface area (Å²) in [4.78, 5) is 4.11. The second-order valence-corrected chi connectivity index (χ2v) is 4.89. The Balaban J connectivity index is 2.25. The van der Waals surface area contributed by atoms with Gasteiger partial charge in [-0.2, -0.15) is 5.26 Å². The molecule has 0 saturated heterocycles. The molecule has 1 atom stereocenters. The fraction of sp³-hybridized carbons (Fsp3) is 0.111. The number of aromatic nitrogens is 2. The van der Waals surface area contributed by atoms with Crippen LogP contribution in [0.25, 0.3) is 0 Å². The fourth-order valence-electron chi connectivity index (χ4n) is 2.62.